The lowest BCUT2D eigenvalue weighted by Crippen LogP contribution is -2.38. The fourth-order valence-corrected chi connectivity index (χ4v) is 3.66. The molecule has 0 radical (unpaired) electrons. The molecule has 3 aromatic rings. The highest BCUT2D eigenvalue weighted by Gasteiger charge is 2.20. The van der Waals surface area contributed by atoms with Crippen molar-refractivity contribution < 1.29 is 19.4 Å². The zero-order chi connectivity index (χ0) is 20.8. The fraction of sp³-hybridized carbons (Fsp3) is 0.318. The van der Waals surface area contributed by atoms with Crippen molar-refractivity contribution in [3.8, 4) is 11.5 Å². The molecule has 0 saturated carbocycles. The molecule has 0 fully saturated rings. The molecule has 0 saturated heterocycles. The van der Waals surface area contributed by atoms with Crippen LogP contribution in [0.1, 0.15) is 24.5 Å². The molecule has 0 aliphatic heterocycles. The lowest BCUT2D eigenvalue weighted by molar-refractivity contribution is -0.139. The lowest BCUT2D eigenvalue weighted by atomic mass is 10.0. The summed E-state index contributed by atoms with van der Waals surface area (Å²) in [5.41, 5.74) is 2.87. The monoisotopic (exact) mass is 460 g/mol. The van der Waals surface area contributed by atoms with Gasteiger partial charge in [0.2, 0.25) is 0 Å². The summed E-state index contributed by atoms with van der Waals surface area (Å²) in [6.45, 7) is 3.02. The van der Waals surface area contributed by atoms with E-state index in [1.54, 1.807) is 7.11 Å². The van der Waals surface area contributed by atoms with Gasteiger partial charge in [0.15, 0.2) is 11.5 Å². The third-order valence-corrected chi connectivity index (χ3v) is 5.47. The fourth-order valence-electron chi connectivity index (χ4n) is 3.20. The van der Waals surface area contributed by atoms with Gasteiger partial charge >= 0.3 is 5.97 Å². The second kappa shape index (κ2) is 9.80. The topological polar surface area (TPSA) is 83.6 Å². The summed E-state index contributed by atoms with van der Waals surface area (Å²) in [4.78, 5) is 15.0. The van der Waals surface area contributed by atoms with Crippen molar-refractivity contribution in [1.82, 2.24) is 10.3 Å². The Kier molecular flexibility index (Phi) is 7.17. The molecule has 0 amide bonds. The molecular formula is C22H25BrN2O4. The summed E-state index contributed by atoms with van der Waals surface area (Å²) < 4.78 is 12.0. The number of aromatic nitrogens is 1. The van der Waals surface area contributed by atoms with Crippen molar-refractivity contribution in [2.75, 3.05) is 13.7 Å². The second-order valence-electron chi connectivity index (χ2n) is 6.78. The second-order valence-corrected chi connectivity index (χ2v) is 7.63. The van der Waals surface area contributed by atoms with Crippen LogP contribution in [0.15, 0.2) is 47.1 Å². The van der Waals surface area contributed by atoms with Gasteiger partial charge in [-0.3, -0.25) is 10.1 Å². The van der Waals surface area contributed by atoms with E-state index in [9.17, 15) is 9.90 Å². The van der Waals surface area contributed by atoms with Crippen LogP contribution in [0.2, 0.25) is 0 Å². The van der Waals surface area contributed by atoms with Crippen molar-refractivity contribution in [2.45, 2.75) is 32.4 Å². The predicted octanol–water partition coefficient (Wildman–Crippen LogP) is 4.51. The number of H-pyrrole nitrogens is 1. The summed E-state index contributed by atoms with van der Waals surface area (Å²) in [5.74, 6) is 0.404. The highest BCUT2D eigenvalue weighted by Crippen LogP contribution is 2.33. The first-order valence-electron chi connectivity index (χ1n) is 9.53. The number of methoxy groups -OCH3 is 1. The number of ether oxygens (including phenoxy) is 2. The van der Waals surface area contributed by atoms with Crippen molar-refractivity contribution in [1.29, 1.82) is 0 Å². The normalized spacial score (nSPS) is 12.1. The van der Waals surface area contributed by atoms with E-state index < -0.39 is 12.0 Å². The number of hydrogen-bond donors (Lipinski definition) is 3. The third kappa shape index (κ3) is 5.10. The molecule has 1 unspecified atom stereocenters. The molecule has 1 atom stereocenters. The number of halogens is 1. The van der Waals surface area contributed by atoms with E-state index in [2.05, 4.69) is 26.2 Å². The zero-order valence-electron chi connectivity index (χ0n) is 16.5. The Morgan fingerprint density at radius 2 is 2.03 bits per heavy atom. The Bertz CT molecular complexity index is 986. The Labute approximate surface area is 178 Å². The van der Waals surface area contributed by atoms with Crippen LogP contribution < -0.4 is 14.8 Å². The smallest absolute Gasteiger partial charge is 0.321 e. The van der Waals surface area contributed by atoms with Crippen LogP contribution in [0.5, 0.6) is 11.5 Å². The van der Waals surface area contributed by atoms with Crippen molar-refractivity contribution in [2.24, 2.45) is 0 Å². The Hall–Kier alpha value is -2.51. The predicted molar refractivity (Wildman–Crippen MR) is 117 cm³/mol. The zero-order valence-corrected chi connectivity index (χ0v) is 18.1. The molecule has 0 spiro atoms. The average Bonchev–Trinajstić information content (AvgIpc) is 3.13. The number of carboxylic acid groups (broad SMARTS) is 1. The number of benzene rings is 2. The third-order valence-electron chi connectivity index (χ3n) is 4.73. The number of nitrogens with one attached hydrogen (secondary N) is 2. The highest BCUT2D eigenvalue weighted by molar-refractivity contribution is 9.10. The minimum absolute atomic E-state index is 0.379. The van der Waals surface area contributed by atoms with E-state index in [1.165, 1.54) is 0 Å². The number of rotatable bonds is 10. The molecule has 29 heavy (non-hydrogen) atoms. The lowest BCUT2D eigenvalue weighted by Gasteiger charge is -2.17. The molecule has 0 bridgehead atoms. The van der Waals surface area contributed by atoms with E-state index in [0.717, 1.165) is 32.9 Å². The Balaban J connectivity index is 1.74. The highest BCUT2D eigenvalue weighted by atomic mass is 79.9. The van der Waals surface area contributed by atoms with Gasteiger partial charge in [-0.05, 0) is 35.7 Å². The van der Waals surface area contributed by atoms with Crippen molar-refractivity contribution >= 4 is 32.8 Å². The van der Waals surface area contributed by atoms with Gasteiger partial charge in [-0.1, -0.05) is 41.1 Å². The first kappa shape index (κ1) is 21.2. The van der Waals surface area contributed by atoms with E-state index >= 15 is 0 Å². The average molecular weight is 461 g/mol. The van der Waals surface area contributed by atoms with Crippen LogP contribution in [-0.4, -0.2) is 35.8 Å². The number of aliphatic carboxylic acids is 1. The van der Waals surface area contributed by atoms with E-state index in [-0.39, 0.29) is 0 Å². The summed E-state index contributed by atoms with van der Waals surface area (Å²) in [5, 5.41) is 13.9. The van der Waals surface area contributed by atoms with E-state index in [1.807, 2.05) is 49.5 Å². The molecule has 6 nitrogen and oxygen atoms in total. The minimum atomic E-state index is -0.888. The molecule has 2 aromatic carbocycles. The molecule has 1 aromatic heterocycles. The largest absolute Gasteiger partial charge is 0.493 e. The van der Waals surface area contributed by atoms with Crippen LogP contribution in [0.3, 0.4) is 0 Å². The summed E-state index contributed by atoms with van der Waals surface area (Å²) in [7, 11) is 1.59. The van der Waals surface area contributed by atoms with Gasteiger partial charge in [-0.15, -0.1) is 0 Å². The summed E-state index contributed by atoms with van der Waals surface area (Å²) in [6, 6.07) is 10.9. The van der Waals surface area contributed by atoms with Crippen molar-refractivity contribution in [3.63, 3.8) is 0 Å². The Morgan fingerprint density at radius 3 is 2.76 bits per heavy atom. The number of hydrogen-bond acceptors (Lipinski definition) is 4. The van der Waals surface area contributed by atoms with Gasteiger partial charge in [0.25, 0.3) is 0 Å². The molecule has 154 valence electrons. The summed E-state index contributed by atoms with van der Waals surface area (Å²) in [6.07, 6.45) is 3.16. The van der Waals surface area contributed by atoms with E-state index in [0.29, 0.717) is 31.1 Å². The molecule has 0 aliphatic rings. The van der Waals surface area contributed by atoms with Crippen LogP contribution >= 0.6 is 15.9 Å². The number of aromatic amines is 1. The summed E-state index contributed by atoms with van der Waals surface area (Å²) >= 11 is 3.55. The van der Waals surface area contributed by atoms with Crippen LogP contribution in [0.25, 0.3) is 10.9 Å². The molecule has 3 N–H and O–H groups in total. The maximum absolute atomic E-state index is 11.8. The standard InChI is InChI=1S/C22H25BrN2O4/c1-3-8-29-21-11-17(23)15(10-20(21)28-2)13-25-19(22(26)27)9-14-12-24-18-7-5-4-6-16(14)18/h4-7,10-12,19,24-25H,3,8-9,13H2,1-2H3,(H,26,27). The molecular weight excluding hydrogens is 436 g/mol. The molecule has 0 aliphatic carbocycles. The maximum atomic E-state index is 11.8. The Morgan fingerprint density at radius 1 is 1.24 bits per heavy atom. The van der Waals surface area contributed by atoms with Gasteiger partial charge in [0.05, 0.1) is 13.7 Å². The van der Waals surface area contributed by atoms with Gasteiger partial charge in [0, 0.05) is 34.5 Å². The number of carboxylic acids is 1. The van der Waals surface area contributed by atoms with Crippen molar-refractivity contribution in [3.05, 3.63) is 58.2 Å². The molecule has 7 heteroatoms. The van der Waals surface area contributed by atoms with E-state index in [4.69, 9.17) is 9.47 Å². The van der Waals surface area contributed by atoms with Gasteiger partial charge in [-0.25, -0.2) is 0 Å². The van der Waals surface area contributed by atoms with Crippen LogP contribution in [-0.2, 0) is 17.8 Å². The molecule has 3 rings (SSSR count). The van der Waals surface area contributed by atoms with Gasteiger partial charge < -0.3 is 19.6 Å². The first-order chi connectivity index (χ1) is 14.0. The minimum Gasteiger partial charge on any atom is -0.493 e. The van der Waals surface area contributed by atoms with Crippen LogP contribution in [0.4, 0.5) is 0 Å². The molecule has 1 heterocycles. The maximum Gasteiger partial charge on any atom is 0.321 e. The SMILES string of the molecule is CCCOc1cc(Br)c(CNC(Cc2c[nH]c3ccccc23)C(=O)O)cc1OC. The van der Waals surface area contributed by atoms with Crippen LogP contribution in [0, 0.1) is 0 Å². The number of carbonyl (C=O) groups is 1. The van der Waals surface area contributed by atoms with Gasteiger partial charge in [-0.2, -0.15) is 0 Å². The quantitative estimate of drug-likeness (QED) is 0.414. The number of para-hydroxylation sites is 1. The first-order valence-corrected chi connectivity index (χ1v) is 10.3. The van der Waals surface area contributed by atoms with Gasteiger partial charge in [0.1, 0.15) is 6.04 Å². The number of fused-ring (bicyclic) bond motifs is 1.